The van der Waals surface area contributed by atoms with E-state index in [4.69, 9.17) is 15.9 Å². The first-order chi connectivity index (χ1) is 10.0. The first-order valence-corrected chi connectivity index (χ1v) is 7.36. The van der Waals surface area contributed by atoms with Gasteiger partial charge in [-0.15, -0.1) is 12.3 Å². The first kappa shape index (κ1) is 17.3. The van der Waals surface area contributed by atoms with Gasteiger partial charge in [0.1, 0.15) is 0 Å². The van der Waals surface area contributed by atoms with Gasteiger partial charge in [-0.05, 0) is 31.5 Å². The molecule has 0 aliphatic carbocycles. The summed E-state index contributed by atoms with van der Waals surface area (Å²) >= 11 is 3.33. The average molecular weight is 353 g/mol. The van der Waals surface area contributed by atoms with Crippen molar-refractivity contribution in [1.29, 1.82) is 0 Å². The third-order valence-corrected chi connectivity index (χ3v) is 3.43. The third-order valence-electron chi connectivity index (χ3n) is 2.93. The standard InChI is InChI=1S/C16H17BrO4/c1-4-10-16(14(18)20-5-2,15(19)21-6-3)12-8-7-9-13(17)11-12/h1,7-9,11H,5-6,10H2,2-3H3. The van der Waals surface area contributed by atoms with E-state index >= 15 is 0 Å². The topological polar surface area (TPSA) is 52.6 Å². The number of carbonyl (C=O) groups is 2. The van der Waals surface area contributed by atoms with Crippen LogP contribution in [-0.4, -0.2) is 25.2 Å². The van der Waals surface area contributed by atoms with Crippen molar-refractivity contribution in [3.05, 3.63) is 34.3 Å². The Morgan fingerprint density at radius 2 is 1.81 bits per heavy atom. The summed E-state index contributed by atoms with van der Waals surface area (Å²) in [7, 11) is 0. The highest BCUT2D eigenvalue weighted by atomic mass is 79.9. The molecule has 4 nitrogen and oxygen atoms in total. The number of halogens is 1. The molecule has 0 unspecified atom stereocenters. The van der Waals surface area contributed by atoms with E-state index in [0.29, 0.717) is 5.56 Å². The van der Waals surface area contributed by atoms with E-state index in [0.717, 1.165) is 4.47 Å². The summed E-state index contributed by atoms with van der Waals surface area (Å²) in [5.74, 6) is 0.998. The van der Waals surface area contributed by atoms with Gasteiger partial charge in [-0.1, -0.05) is 28.1 Å². The van der Waals surface area contributed by atoms with Crippen LogP contribution < -0.4 is 0 Å². The quantitative estimate of drug-likeness (QED) is 0.448. The Labute approximate surface area is 132 Å². The predicted molar refractivity (Wildman–Crippen MR) is 82.5 cm³/mol. The summed E-state index contributed by atoms with van der Waals surface area (Å²) < 4.78 is 10.9. The molecule has 0 aliphatic heterocycles. The highest BCUT2D eigenvalue weighted by molar-refractivity contribution is 9.10. The van der Waals surface area contributed by atoms with Crippen molar-refractivity contribution in [2.45, 2.75) is 25.7 Å². The zero-order valence-corrected chi connectivity index (χ0v) is 13.6. The van der Waals surface area contributed by atoms with Crippen LogP contribution in [0.25, 0.3) is 0 Å². The summed E-state index contributed by atoms with van der Waals surface area (Å²) in [6.45, 7) is 3.65. The van der Waals surface area contributed by atoms with Crippen LogP contribution in [0, 0.1) is 12.3 Å². The molecule has 1 aromatic rings. The van der Waals surface area contributed by atoms with Gasteiger partial charge in [0.15, 0.2) is 0 Å². The van der Waals surface area contributed by atoms with Gasteiger partial charge in [-0.25, -0.2) is 0 Å². The van der Waals surface area contributed by atoms with Gasteiger partial charge in [0, 0.05) is 10.9 Å². The Hall–Kier alpha value is -1.80. The molecule has 0 aromatic heterocycles. The minimum atomic E-state index is -1.63. The van der Waals surface area contributed by atoms with E-state index in [1.807, 2.05) is 0 Å². The lowest BCUT2D eigenvalue weighted by Crippen LogP contribution is -2.46. The van der Waals surface area contributed by atoms with E-state index in [9.17, 15) is 9.59 Å². The molecular formula is C16H17BrO4. The molecule has 112 valence electrons. The SMILES string of the molecule is C#CCC(C(=O)OCC)(C(=O)OCC)c1cccc(Br)c1. The largest absolute Gasteiger partial charge is 0.465 e. The van der Waals surface area contributed by atoms with E-state index in [1.165, 1.54) is 0 Å². The van der Waals surface area contributed by atoms with E-state index in [1.54, 1.807) is 38.1 Å². The molecule has 0 N–H and O–H groups in total. The fourth-order valence-electron chi connectivity index (χ4n) is 1.98. The molecule has 21 heavy (non-hydrogen) atoms. The molecule has 0 atom stereocenters. The lowest BCUT2D eigenvalue weighted by atomic mass is 9.77. The average Bonchev–Trinajstić information content (AvgIpc) is 2.45. The second-order valence-corrected chi connectivity index (χ2v) is 5.15. The van der Waals surface area contributed by atoms with Gasteiger partial charge in [0.05, 0.1) is 13.2 Å². The number of hydrogen-bond donors (Lipinski definition) is 0. The van der Waals surface area contributed by atoms with Crippen LogP contribution in [0.3, 0.4) is 0 Å². The fraction of sp³-hybridized carbons (Fsp3) is 0.375. The molecule has 1 rings (SSSR count). The van der Waals surface area contributed by atoms with Crippen LogP contribution in [-0.2, 0) is 24.5 Å². The number of esters is 2. The zero-order chi connectivity index (χ0) is 15.9. The van der Waals surface area contributed by atoms with Gasteiger partial charge in [0.25, 0.3) is 0 Å². The van der Waals surface area contributed by atoms with Gasteiger partial charge in [-0.3, -0.25) is 9.59 Å². The first-order valence-electron chi connectivity index (χ1n) is 6.56. The van der Waals surface area contributed by atoms with Crippen molar-refractivity contribution in [3.63, 3.8) is 0 Å². The second-order valence-electron chi connectivity index (χ2n) is 4.24. The summed E-state index contributed by atoms with van der Waals surface area (Å²) in [6.07, 6.45) is 5.26. The highest BCUT2D eigenvalue weighted by Gasteiger charge is 2.50. The molecule has 1 aromatic carbocycles. The van der Waals surface area contributed by atoms with Crippen molar-refractivity contribution >= 4 is 27.9 Å². The van der Waals surface area contributed by atoms with E-state index in [2.05, 4.69) is 21.9 Å². The predicted octanol–water partition coefficient (Wildman–Crippen LogP) is 2.84. The van der Waals surface area contributed by atoms with E-state index < -0.39 is 17.4 Å². The molecule has 0 saturated heterocycles. The Morgan fingerprint density at radius 3 is 2.24 bits per heavy atom. The Balaban J connectivity index is 3.47. The number of rotatable bonds is 6. The molecule has 0 fully saturated rings. The zero-order valence-electron chi connectivity index (χ0n) is 12.0. The van der Waals surface area contributed by atoms with Gasteiger partial charge < -0.3 is 9.47 Å². The molecular weight excluding hydrogens is 336 g/mol. The number of hydrogen-bond acceptors (Lipinski definition) is 4. The number of terminal acetylenes is 1. The number of carbonyl (C=O) groups excluding carboxylic acids is 2. The van der Waals surface area contributed by atoms with Crippen molar-refractivity contribution in [2.75, 3.05) is 13.2 Å². The molecule has 0 saturated carbocycles. The lowest BCUT2D eigenvalue weighted by Gasteiger charge is -2.28. The molecule has 0 bridgehead atoms. The Morgan fingerprint density at radius 1 is 1.24 bits per heavy atom. The Kier molecular flexibility index (Phi) is 6.44. The van der Waals surface area contributed by atoms with Crippen molar-refractivity contribution in [3.8, 4) is 12.3 Å². The molecule has 0 aliphatic rings. The van der Waals surface area contributed by atoms with E-state index in [-0.39, 0.29) is 19.6 Å². The molecule has 5 heteroatoms. The Bertz CT molecular complexity index is 542. The maximum atomic E-state index is 12.4. The van der Waals surface area contributed by atoms with Crippen molar-refractivity contribution in [1.82, 2.24) is 0 Å². The summed E-state index contributed by atoms with van der Waals surface area (Å²) in [5, 5.41) is 0. The maximum Gasteiger partial charge on any atom is 0.329 e. The highest BCUT2D eigenvalue weighted by Crippen LogP contribution is 2.33. The minimum Gasteiger partial charge on any atom is -0.465 e. The summed E-state index contributed by atoms with van der Waals surface area (Å²) in [6, 6.07) is 6.85. The van der Waals surface area contributed by atoms with Gasteiger partial charge >= 0.3 is 11.9 Å². The monoisotopic (exact) mass is 352 g/mol. The van der Waals surface area contributed by atoms with Crippen molar-refractivity contribution < 1.29 is 19.1 Å². The third kappa shape index (κ3) is 3.64. The lowest BCUT2D eigenvalue weighted by molar-refractivity contribution is -0.164. The van der Waals surface area contributed by atoms with Crippen LogP contribution >= 0.6 is 15.9 Å². The van der Waals surface area contributed by atoms with Gasteiger partial charge in [-0.2, -0.15) is 0 Å². The number of ether oxygens (including phenoxy) is 2. The molecule has 0 amide bonds. The maximum absolute atomic E-state index is 12.4. The van der Waals surface area contributed by atoms with Crippen LogP contribution in [0.15, 0.2) is 28.7 Å². The van der Waals surface area contributed by atoms with Gasteiger partial charge in [0.2, 0.25) is 5.41 Å². The van der Waals surface area contributed by atoms with Crippen LogP contribution in [0.4, 0.5) is 0 Å². The minimum absolute atomic E-state index is 0.124. The molecule has 0 spiro atoms. The fourth-order valence-corrected chi connectivity index (χ4v) is 2.38. The van der Waals surface area contributed by atoms with Crippen LogP contribution in [0.5, 0.6) is 0 Å². The van der Waals surface area contributed by atoms with Crippen LogP contribution in [0.2, 0.25) is 0 Å². The van der Waals surface area contributed by atoms with Crippen LogP contribution in [0.1, 0.15) is 25.8 Å². The summed E-state index contributed by atoms with van der Waals surface area (Å²) in [5.41, 5.74) is -1.18. The smallest absolute Gasteiger partial charge is 0.329 e. The second kappa shape index (κ2) is 7.84. The number of benzene rings is 1. The molecule has 0 heterocycles. The van der Waals surface area contributed by atoms with Crippen molar-refractivity contribution in [2.24, 2.45) is 0 Å². The molecule has 0 radical (unpaired) electrons. The summed E-state index contributed by atoms with van der Waals surface area (Å²) in [4.78, 5) is 24.9. The normalized spacial score (nSPS) is 10.6.